The predicted molar refractivity (Wildman–Crippen MR) is 96.3 cm³/mol. The average molecular weight is 364 g/mol. The first-order valence-corrected chi connectivity index (χ1v) is 7.97. The van der Waals surface area contributed by atoms with E-state index in [2.05, 4.69) is 10.6 Å². The largest absolute Gasteiger partial charge is 0.494 e. The number of hydrogen-bond donors (Lipinski definition) is 2. The third-order valence-corrected chi connectivity index (χ3v) is 3.88. The van der Waals surface area contributed by atoms with Crippen LogP contribution in [0.4, 0.5) is 16.2 Å². The molecule has 0 heterocycles. The summed E-state index contributed by atoms with van der Waals surface area (Å²) >= 11 is 5.88. The molecular weight excluding hydrogens is 346 g/mol. The van der Waals surface area contributed by atoms with Crippen LogP contribution >= 0.6 is 11.6 Å². The van der Waals surface area contributed by atoms with Crippen molar-refractivity contribution in [3.63, 3.8) is 0 Å². The minimum absolute atomic E-state index is 0.115. The molecule has 0 saturated carbocycles. The number of hydrogen-bond acceptors (Lipinski definition) is 4. The zero-order chi connectivity index (χ0) is 18.4. The topological polar surface area (TPSA) is 93.5 Å². The number of nitrogens with zero attached hydrogens (tertiary/aromatic N) is 1. The van der Waals surface area contributed by atoms with E-state index < -0.39 is 11.0 Å². The fraction of sp³-hybridized carbons (Fsp3) is 0.235. The summed E-state index contributed by atoms with van der Waals surface area (Å²) in [5, 5.41) is 16.9. The van der Waals surface area contributed by atoms with Crippen LogP contribution in [-0.4, -0.2) is 18.1 Å². The first kappa shape index (κ1) is 18.5. The van der Waals surface area contributed by atoms with E-state index in [1.165, 1.54) is 25.3 Å². The number of non-ortho nitro benzene ring substituents is 1. The maximum absolute atomic E-state index is 12.3. The van der Waals surface area contributed by atoms with Crippen molar-refractivity contribution in [3.8, 4) is 5.75 Å². The molecule has 7 nitrogen and oxygen atoms in total. The number of carbonyl (C=O) groups excluding carboxylic acids is 1. The van der Waals surface area contributed by atoms with Crippen LogP contribution in [0.15, 0.2) is 42.5 Å². The number of benzene rings is 2. The second-order valence-electron chi connectivity index (χ2n) is 5.25. The molecule has 25 heavy (non-hydrogen) atoms. The lowest BCUT2D eigenvalue weighted by Crippen LogP contribution is -2.32. The molecule has 0 fully saturated rings. The number of amides is 2. The minimum atomic E-state index is -0.528. The number of methoxy groups -OCH3 is 1. The van der Waals surface area contributed by atoms with Crippen molar-refractivity contribution >= 4 is 29.0 Å². The average Bonchev–Trinajstić information content (AvgIpc) is 2.60. The number of nitro benzene ring substituents is 1. The zero-order valence-corrected chi connectivity index (χ0v) is 14.5. The number of rotatable bonds is 6. The number of halogens is 1. The molecule has 132 valence electrons. The lowest BCUT2D eigenvalue weighted by molar-refractivity contribution is -0.384. The fourth-order valence-corrected chi connectivity index (χ4v) is 2.46. The van der Waals surface area contributed by atoms with Gasteiger partial charge < -0.3 is 15.4 Å². The Morgan fingerprint density at radius 2 is 1.96 bits per heavy atom. The second kappa shape index (κ2) is 8.34. The van der Waals surface area contributed by atoms with Crippen molar-refractivity contribution in [1.29, 1.82) is 0 Å². The predicted octanol–water partition coefficient (Wildman–Crippen LogP) is 4.53. The molecular formula is C17H18ClN3O4. The van der Waals surface area contributed by atoms with E-state index in [1.807, 2.05) is 19.1 Å². The molecule has 2 aromatic carbocycles. The summed E-state index contributed by atoms with van der Waals surface area (Å²) in [5.74, 6) is 0.212. The van der Waals surface area contributed by atoms with Gasteiger partial charge in [-0.05, 0) is 30.2 Å². The van der Waals surface area contributed by atoms with Crippen LogP contribution in [0.3, 0.4) is 0 Å². The third kappa shape index (κ3) is 4.84. The molecule has 0 spiro atoms. The van der Waals surface area contributed by atoms with E-state index in [9.17, 15) is 14.9 Å². The van der Waals surface area contributed by atoms with Gasteiger partial charge in [-0.25, -0.2) is 4.79 Å². The quantitative estimate of drug-likeness (QED) is 0.582. The number of anilines is 1. The van der Waals surface area contributed by atoms with Crippen molar-refractivity contribution in [3.05, 3.63) is 63.2 Å². The molecule has 0 aromatic heterocycles. The molecule has 0 aliphatic carbocycles. The number of nitrogens with one attached hydrogen (secondary N) is 2. The van der Waals surface area contributed by atoms with Gasteiger partial charge in [-0.2, -0.15) is 0 Å². The van der Waals surface area contributed by atoms with E-state index in [1.54, 1.807) is 12.1 Å². The molecule has 0 radical (unpaired) electrons. The van der Waals surface area contributed by atoms with Gasteiger partial charge in [-0.15, -0.1) is 0 Å². The second-order valence-corrected chi connectivity index (χ2v) is 5.69. The van der Waals surface area contributed by atoms with E-state index in [0.717, 1.165) is 5.56 Å². The summed E-state index contributed by atoms with van der Waals surface area (Å²) in [7, 11) is 1.38. The molecule has 8 heteroatoms. The molecule has 0 saturated heterocycles. The van der Waals surface area contributed by atoms with Crippen LogP contribution in [-0.2, 0) is 0 Å². The van der Waals surface area contributed by atoms with Gasteiger partial charge in [0.15, 0.2) is 0 Å². The standard InChI is InChI=1S/C17H18ClN3O4/c1-3-14(11-4-6-12(18)7-5-11)19-17(22)20-15-9-8-13(21(23)24)10-16(15)25-2/h4-10,14H,3H2,1-2H3,(H2,19,20,22)/t14-/m1/s1. The van der Waals surface area contributed by atoms with Crippen molar-refractivity contribution in [1.82, 2.24) is 5.32 Å². The molecule has 0 unspecified atom stereocenters. The highest BCUT2D eigenvalue weighted by molar-refractivity contribution is 6.30. The van der Waals surface area contributed by atoms with Gasteiger partial charge in [-0.3, -0.25) is 10.1 Å². The maximum Gasteiger partial charge on any atom is 0.319 e. The monoisotopic (exact) mass is 363 g/mol. The molecule has 2 amide bonds. The molecule has 0 aliphatic rings. The van der Waals surface area contributed by atoms with Gasteiger partial charge in [0.1, 0.15) is 5.75 Å². The van der Waals surface area contributed by atoms with Gasteiger partial charge in [0, 0.05) is 11.1 Å². The summed E-state index contributed by atoms with van der Waals surface area (Å²) in [5.41, 5.74) is 1.16. The summed E-state index contributed by atoms with van der Waals surface area (Å²) < 4.78 is 5.10. The van der Waals surface area contributed by atoms with Crippen molar-refractivity contribution < 1.29 is 14.5 Å². The van der Waals surface area contributed by atoms with Crippen LogP contribution < -0.4 is 15.4 Å². The van der Waals surface area contributed by atoms with Crippen LogP contribution in [0.2, 0.25) is 5.02 Å². The Morgan fingerprint density at radius 1 is 1.28 bits per heavy atom. The summed E-state index contributed by atoms with van der Waals surface area (Å²) in [6.45, 7) is 1.95. The lowest BCUT2D eigenvalue weighted by atomic mass is 10.1. The Morgan fingerprint density at radius 3 is 2.52 bits per heavy atom. The fourth-order valence-electron chi connectivity index (χ4n) is 2.33. The van der Waals surface area contributed by atoms with Crippen molar-refractivity contribution in [2.45, 2.75) is 19.4 Å². The first-order chi connectivity index (χ1) is 11.9. The van der Waals surface area contributed by atoms with Gasteiger partial charge in [0.05, 0.1) is 29.8 Å². The molecule has 0 bridgehead atoms. The van der Waals surface area contributed by atoms with Gasteiger partial charge >= 0.3 is 6.03 Å². The number of urea groups is 1. The Kier molecular flexibility index (Phi) is 6.19. The Balaban J connectivity index is 2.10. The summed E-state index contributed by atoms with van der Waals surface area (Å²) in [4.78, 5) is 22.6. The van der Waals surface area contributed by atoms with Crippen LogP contribution in [0.5, 0.6) is 5.75 Å². The van der Waals surface area contributed by atoms with E-state index in [0.29, 0.717) is 17.1 Å². The molecule has 2 aromatic rings. The van der Waals surface area contributed by atoms with Crippen LogP contribution in [0.1, 0.15) is 24.9 Å². The molecule has 1 atom stereocenters. The van der Waals surface area contributed by atoms with Gasteiger partial charge in [-0.1, -0.05) is 30.7 Å². The van der Waals surface area contributed by atoms with Gasteiger partial charge in [0.2, 0.25) is 0 Å². The normalized spacial score (nSPS) is 11.5. The SMILES string of the molecule is CC[C@@H](NC(=O)Nc1ccc([N+](=O)[O-])cc1OC)c1ccc(Cl)cc1. The summed E-state index contributed by atoms with van der Waals surface area (Å²) in [6.07, 6.45) is 0.687. The van der Waals surface area contributed by atoms with E-state index >= 15 is 0 Å². The minimum Gasteiger partial charge on any atom is -0.494 e. The molecule has 2 N–H and O–H groups in total. The van der Waals surface area contributed by atoms with Crippen molar-refractivity contribution in [2.75, 3.05) is 12.4 Å². The lowest BCUT2D eigenvalue weighted by Gasteiger charge is -2.18. The Labute approximate surface area is 150 Å². The summed E-state index contributed by atoms with van der Waals surface area (Å²) in [6, 6.07) is 10.6. The van der Waals surface area contributed by atoms with Gasteiger partial charge in [0.25, 0.3) is 5.69 Å². The molecule has 2 rings (SSSR count). The first-order valence-electron chi connectivity index (χ1n) is 7.60. The highest BCUT2D eigenvalue weighted by Gasteiger charge is 2.16. The number of ether oxygens (including phenoxy) is 1. The Bertz CT molecular complexity index is 765. The highest BCUT2D eigenvalue weighted by atomic mass is 35.5. The number of carbonyl (C=O) groups is 1. The molecule has 0 aliphatic heterocycles. The van der Waals surface area contributed by atoms with E-state index in [4.69, 9.17) is 16.3 Å². The zero-order valence-electron chi connectivity index (χ0n) is 13.8. The van der Waals surface area contributed by atoms with E-state index in [-0.39, 0.29) is 17.5 Å². The van der Waals surface area contributed by atoms with Crippen molar-refractivity contribution in [2.24, 2.45) is 0 Å². The Hall–Kier alpha value is -2.80. The van der Waals surface area contributed by atoms with Crippen LogP contribution in [0.25, 0.3) is 0 Å². The van der Waals surface area contributed by atoms with Crippen LogP contribution in [0, 0.1) is 10.1 Å². The third-order valence-electron chi connectivity index (χ3n) is 3.63. The smallest absolute Gasteiger partial charge is 0.319 e. The maximum atomic E-state index is 12.3. The highest BCUT2D eigenvalue weighted by Crippen LogP contribution is 2.29. The number of nitro groups is 1.